The lowest BCUT2D eigenvalue weighted by Crippen LogP contribution is -2.50. The van der Waals surface area contributed by atoms with E-state index in [1.54, 1.807) is 42.6 Å². The summed E-state index contributed by atoms with van der Waals surface area (Å²) in [6.07, 6.45) is 3.63. The molecule has 4 heterocycles. The normalized spacial score (nSPS) is 26.3. The zero-order valence-corrected chi connectivity index (χ0v) is 25.9. The molecule has 0 unspecified atom stereocenters. The van der Waals surface area contributed by atoms with Crippen molar-refractivity contribution in [2.45, 2.75) is 67.5 Å². The Morgan fingerprint density at radius 3 is 2.58 bits per heavy atom. The molecule has 3 N–H and O–H groups in total. The molecule has 0 aliphatic carbocycles. The Labute approximate surface area is 262 Å². The zero-order chi connectivity index (χ0) is 31.6. The molecule has 4 bridgehead atoms. The van der Waals surface area contributed by atoms with E-state index in [9.17, 15) is 23.1 Å². The van der Waals surface area contributed by atoms with Crippen LogP contribution in [-0.4, -0.2) is 91.6 Å². The van der Waals surface area contributed by atoms with Crippen molar-refractivity contribution in [2.24, 2.45) is 0 Å². The van der Waals surface area contributed by atoms with Gasteiger partial charge in [0.05, 0.1) is 41.0 Å². The van der Waals surface area contributed by atoms with Gasteiger partial charge in [-0.15, -0.1) is 0 Å². The highest BCUT2D eigenvalue weighted by atomic mass is 32.2. The topological polar surface area (TPSA) is 147 Å². The third-order valence-corrected chi connectivity index (χ3v) is 9.86. The number of likely N-dealkylation sites (tertiary alicyclic amines) is 1. The number of aliphatic hydroxyl groups is 1. The summed E-state index contributed by atoms with van der Waals surface area (Å²) in [5.41, 5.74) is 2.73. The average Bonchev–Trinajstić information content (AvgIpc) is 3.42. The van der Waals surface area contributed by atoms with Gasteiger partial charge in [-0.3, -0.25) is 19.5 Å². The minimum Gasteiger partial charge on any atom is -0.493 e. The zero-order valence-electron chi connectivity index (χ0n) is 25.1. The molecule has 0 radical (unpaired) electrons. The molecule has 6 rings (SSSR count). The van der Waals surface area contributed by atoms with E-state index in [1.807, 2.05) is 29.2 Å². The van der Waals surface area contributed by atoms with Gasteiger partial charge >= 0.3 is 0 Å². The van der Waals surface area contributed by atoms with Crippen LogP contribution in [0.15, 0.2) is 71.8 Å². The van der Waals surface area contributed by atoms with Crippen molar-refractivity contribution in [2.75, 3.05) is 26.0 Å². The molecule has 11 nitrogen and oxygen atoms in total. The monoisotopic (exact) mass is 634 g/mol. The maximum absolute atomic E-state index is 13.7. The number of hydrogen-bond donors (Lipinski definition) is 3. The summed E-state index contributed by atoms with van der Waals surface area (Å²) in [5, 5.41) is 16.7. The van der Waals surface area contributed by atoms with Gasteiger partial charge in [0.15, 0.2) is 9.84 Å². The number of nitrogens with zero attached hydrogens (tertiary/aromatic N) is 2. The lowest BCUT2D eigenvalue weighted by molar-refractivity contribution is -0.133. The Hall–Kier alpha value is -3.84. The minimum absolute atomic E-state index is 0.177. The number of ether oxygens (including phenoxy) is 2. The van der Waals surface area contributed by atoms with E-state index in [2.05, 4.69) is 15.6 Å². The first-order chi connectivity index (χ1) is 21.6. The highest BCUT2D eigenvalue weighted by Crippen LogP contribution is 2.30. The van der Waals surface area contributed by atoms with E-state index in [0.29, 0.717) is 50.1 Å². The predicted octanol–water partition coefficient (Wildman–Crippen LogP) is 2.33. The van der Waals surface area contributed by atoms with E-state index >= 15 is 0 Å². The minimum atomic E-state index is -3.33. The predicted molar refractivity (Wildman–Crippen MR) is 166 cm³/mol. The second-order valence-electron chi connectivity index (χ2n) is 12.0. The van der Waals surface area contributed by atoms with Crippen LogP contribution in [0.4, 0.5) is 0 Å². The second-order valence-corrected chi connectivity index (χ2v) is 14.0. The molecule has 3 aliphatic rings. The first-order valence-electron chi connectivity index (χ1n) is 15.3. The van der Waals surface area contributed by atoms with Gasteiger partial charge in [-0.05, 0) is 66.8 Å². The molecule has 2 amide bonds. The summed E-state index contributed by atoms with van der Waals surface area (Å²) in [4.78, 5) is 33.9. The highest BCUT2D eigenvalue weighted by molar-refractivity contribution is 7.90. The van der Waals surface area contributed by atoms with E-state index < -0.39 is 28.1 Å². The van der Waals surface area contributed by atoms with Gasteiger partial charge in [0.2, 0.25) is 5.91 Å². The van der Waals surface area contributed by atoms with Crippen molar-refractivity contribution in [1.29, 1.82) is 0 Å². The van der Waals surface area contributed by atoms with Gasteiger partial charge < -0.3 is 25.2 Å². The number of hydrogen-bond acceptors (Lipinski definition) is 9. The Kier molecular flexibility index (Phi) is 9.18. The summed E-state index contributed by atoms with van der Waals surface area (Å²) in [6.45, 7) is 1.36. The third kappa shape index (κ3) is 7.36. The summed E-state index contributed by atoms with van der Waals surface area (Å²) in [6, 6.07) is 16.7. The first-order valence-corrected chi connectivity index (χ1v) is 17.2. The molecule has 2 aromatic carbocycles. The molecular weight excluding hydrogens is 596 g/mol. The fraction of sp³-hybridized carbons (Fsp3) is 0.424. The van der Waals surface area contributed by atoms with Crippen molar-refractivity contribution in [3.8, 4) is 16.9 Å². The van der Waals surface area contributed by atoms with Crippen LogP contribution in [-0.2, 0) is 25.9 Å². The number of nitrogens with one attached hydrogen (secondary N) is 2. The third-order valence-electron chi connectivity index (χ3n) is 8.73. The summed E-state index contributed by atoms with van der Waals surface area (Å²) < 4.78 is 36.3. The van der Waals surface area contributed by atoms with Gasteiger partial charge in [-0.2, -0.15) is 0 Å². The van der Waals surface area contributed by atoms with Crippen LogP contribution >= 0.6 is 0 Å². The van der Waals surface area contributed by atoms with Crippen LogP contribution < -0.4 is 15.4 Å². The maximum Gasteiger partial charge on any atom is 0.255 e. The number of sulfone groups is 1. The average molecular weight is 635 g/mol. The summed E-state index contributed by atoms with van der Waals surface area (Å²) in [7, 11) is -3.33. The summed E-state index contributed by atoms with van der Waals surface area (Å²) >= 11 is 0. The van der Waals surface area contributed by atoms with Crippen molar-refractivity contribution in [3.63, 3.8) is 0 Å². The van der Waals surface area contributed by atoms with Crippen LogP contribution in [0, 0.1) is 0 Å². The highest BCUT2D eigenvalue weighted by Gasteiger charge is 2.39. The summed E-state index contributed by atoms with van der Waals surface area (Å²) in [5.74, 6) is -0.0886. The van der Waals surface area contributed by atoms with Gasteiger partial charge in [-0.1, -0.05) is 24.3 Å². The molecule has 0 spiro atoms. The molecule has 2 fully saturated rings. The van der Waals surface area contributed by atoms with E-state index in [-0.39, 0.29) is 42.0 Å². The van der Waals surface area contributed by atoms with Crippen LogP contribution in [0.1, 0.15) is 41.7 Å². The fourth-order valence-electron chi connectivity index (χ4n) is 6.29. The number of amides is 2. The molecule has 0 saturated carbocycles. The van der Waals surface area contributed by atoms with Crippen molar-refractivity contribution in [3.05, 3.63) is 78.1 Å². The molecule has 12 heteroatoms. The van der Waals surface area contributed by atoms with Gasteiger partial charge in [0.1, 0.15) is 11.9 Å². The van der Waals surface area contributed by atoms with Crippen LogP contribution in [0.3, 0.4) is 0 Å². The maximum atomic E-state index is 13.7. The molecule has 1 aromatic heterocycles. The van der Waals surface area contributed by atoms with E-state index in [4.69, 9.17) is 9.47 Å². The Morgan fingerprint density at radius 2 is 1.82 bits per heavy atom. The lowest BCUT2D eigenvalue weighted by Gasteiger charge is -2.34. The molecule has 3 aliphatic heterocycles. The number of fused-ring (bicyclic) bond motifs is 5. The first kappa shape index (κ1) is 31.2. The number of rotatable bonds is 4. The lowest BCUT2D eigenvalue weighted by atomic mass is 9.99. The van der Waals surface area contributed by atoms with Gasteiger partial charge in [-0.25, -0.2) is 8.42 Å². The van der Waals surface area contributed by atoms with Crippen LogP contribution in [0.5, 0.6) is 5.75 Å². The van der Waals surface area contributed by atoms with E-state index in [0.717, 1.165) is 16.8 Å². The van der Waals surface area contributed by atoms with E-state index in [1.165, 1.54) is 6.26 Å². The molecule has 5 atom stereocenters. The quantitative estimate of drug-likeness (QED) is 0.394. The van der Waals surface area contributed by atoms with Crippen LogP contribution in [0.2, 0.25) is 0 Å². The number of aromatic nitrogens is 1. The largest absolute Gasteiger partial charge is 0.493 e. The van der Waals surface area contributed by atoms with Crippen molar-refractivity contribution < 1.29 is 32.6 Å². The molecule has 3 aromatic rings. The Bertz CT molecular complexity index is 1630. The Balaban J connectivity index is 1.29. The molecule has 45 heavy (non-hydrogen) atoms. The SMILES string of the molecule is CS(=O)(=O)c1ccc(-c2ccc3c(c2)OCC[C@@H]2CC[C@H](O)[C@@H](CNC(=O)[C@@H]4C[C@@H](CN4Cc4ccccn4)NC3=O)O2)cc1. The number of aliphatic hydroxyl groups excluding tert-OH is 1. The van der Waals surface area contributed by atoms with Crippen molar-refractivity contribution in [1.82, 2.24) is 20.5 Å². The number of benzene rings is 2. The number of carbonyl (C=O) groups excluding carboxylic acids is 2. The smallest absolute Gasteiger partial charge is 0.255 e. The number of pyridine rings is 1. The molecule has 2 saturated heterocycles. The molecular formula is C33H38N4O7S. The van der Waals surface area contributed by atoms with Crippen LogP contribution in [0.25, 0.3) is 11.1 Å². The Morgan fingerprint density at radius 1 is 1.02 bits per heavy atom. The fourth-order valence-corrected chi connectivity index (χ4v) is 6.92. The molecule has 238 valence electrons. The van der Waals surface area contributed by atoms with Crippen molar-refractivity contribution >= 4 is 21.7 Å². The van der Waals surface area contributed by atoms with Gasteiger partial charge in [0, 0.05) is 44.5 Å². The standard InChI is InChI=1S/C33H38N4O7S/c1-45(41,42)26-9-5-21(6-10-26)22-7-11-27-30(16-22)43-15-13-25-8-12-29(38)31(44-25)18-35-33(40)28-17-24(36-32(27)39)20-37(28)19-23-4-2-3-14-34-23/h2-7,9-11,14,16,24-25,28-29,31,38H,8,12-13,15,17-20H2,1H3,(H,35,40)(H,36,39)/t24-,25-,28-,29-,31+/m0/s1. The number of carbonyl (C=O) groups is 2. The van der Waals surface area contributed by atoms with Gasteiger partial charge in [0.25, 0.3) is 5.91 Å². The second kappa shape index (κ2) is 13.3.